The highest BCUT2D eigenvalue weighted by Gasteiger charge is 2.47. The van der Waals surface area contributed by atoms with E-state index in [1.165, 1.54) is 6.08 Å². The quantitative estimate of drug-likeness (QED) is 0.166. The molecule has 3 rings (SSSR count). The molecule has 0 aromatic heterocycles. The zero-order chi connectivity index (χ0) is 30.6. The molecular weight excluding hydrogens is 534 g/mol. The van der Waals surface area contributed by atoms with Crippen LogP contribution in [0.15, 0.2) is 60.7 Å². The van der Waals surface area contributed by atoms with E-state index in [0.717, 1.165) is 24.0 Å². The van der Waals surface area contributed by atoms with Gasteiger partial charge in [-0.25, -0.2) is 0 Å². The minimum Gasteiger partial charge on any atom is -0.497 e. The van der Waals surface area contributed by atoms with Gasteiger partial charge in [-0.1, -0.05) is 82.5 Å². The summed E-state index contributed by atoms with van der Waals surface area (Å²) in [6, 6.07) is 14.8. The highest BCUT2D eigenvalue weighted by molar-refractivity contribution is 6.16. The number of amides is 4. The Morgan fingerprint density at radius 3 is 2.24 bits per heavy atom. The Balaban J connectivity index is 1.79. The van der Waals surface area contributed by atoms with Crippen LogP contribution in [-0.2, 0) is 24.0 Å². The van der Waals surface area contributed by atoms with Crippen molar-refractivity contribution in [1.82, 2.24) is 16.0 Å². The van der Waals surface area contributed by atoms with Crippen molar-refractivity contribution in [3.8, 4) is 5.75 Å². The topological polar surface area (TPSA) is 131 Å². The van der Waals surface area contributed by atoms with Crippen LogP contribution < -0.4 is 20.7 Å². The number of Topliss-reactive ketones (excluding diaryl/α,β-unsaturated/α-hetero) is 1. The van der Waals surface area contributed by atoms with Crippen molar-refractivity contribution >= 4 is 35.5 Å². The fourth-order valence-corrected chi connectivity index (χ4v) is 5.22. The number of ether oxygens (including phenoxy) is 1. The molecular formula is C33H41N3O6. The van der Waals surface area contributed by atoms with E-state index in [9.17, 15) is 24.0 Å². The fourth-order valence-electron chi connectivity index (χ4n) is 5.22. The summed E-state index contributed by atoms with van der Waals surface area (Å²) in [6.07, 6.45) is 6.02. The molecule has 2 aromatic rings. The molecule has 1 heterocycles. The third-order valence-corrected chi connectivity index (χ3v) is 7.75. The Kier molecular flexibility index (Phi) is 12.0. The maximum absolute atomic E-state index is 13.7. The molecule has 224 valence electrons. The predicted octanol–water partition coefficient (Wildman–Crippen LogP) is 4.14. The fraction of sp³-hybridized carbons (Fsp3) is 0.424. The van der Waals surface area contributed by atoms with Gasteiger partial charge in [0.2, 0.25) is 23.6 Å². The summed E-state index contributed by atoms with van der Waals surface area (Å²) in [5.74, 6) is -3.83. The average Bonchev–Trinajstić information content (AvgIpc) is 3.25. The van der Waals surface area contributed by atoms with Gasteiger partial charge in [0.15, 0.2) is 5.78 Å². The molecule has 1 aliphatic rings. The zero-order valence-electron chi connectivity index (χ0n) is 24.7. The molecule has 1 saturated heterocycles. The minimum absolute atomic E-state index is 0.120. The number of methoxy groups -OCH3 is 1. The van der Waals surface area contributed by atoms with E-state index < -0.39 is 47.4 Å². The highest BCUT2D eigenvalue weighted by Crippen LogP contribution is 2.27. The van der Waals surface area contributed by atoms with Crippen LogP contribution in [0.4, 0.5) is 0 Å². The summed E-state index contributed by atoms with van der Waals surface area (Å²) in [5.41, 5.74) is 1.54. The summed E-state index contributed by atoms with van der Waals surface area (Å²) in [5, 5.41) is 8.04. The SMILES string of the molecule is CCCCC(CC)C(NC(=O)C[C@H](NC(=O)/C=C/c1ccc(OC)cc1)c1ccccc1)C(=O)[C@@H]1C(=O)NC(=O)[C@H]1C. The monoisotopic (exact) mass is 575 g/mol. The molecule has 42 heavy (non-hydrogen) atoms. The van der Waals surface area contributed by atoms with Crippen molar-refractivity contribution in [2.75, 3.05) is 7.11 Å². The maximum atomic E-state index is 13.7. The molecule has 1 aliphatic heterocycles. The Bertz CT molecular complexity index is 1270. The van der Waals surface area contributed by atoms with Crippen LogP contribution in [0.2, 0.25) is 0 Å². The van der Waals surface area contributed by atoms with Crippen LogP contribution in [0.5, 0.6) is 5.75 Å². The molecule has 9 heteroatoms. The summed E-state index contributed by atoms with van der Waals surface area (Å²) >= 11 is 0. The lowest BCUT2D eigenvalue weighted by Gasteiger charge is -2.29. The molecule has 2 aromatic carbocycles. The Hall–Kier alpha value is -4.27. The summed E-state index contributed by atoms with van der Waals surface area (Å²) in [7, 11) is 1.58. The number of rotatable bonds is 15. The number of carbonyl (C=O) groups excluding carboxylic acids is 5. The van der Waals surface area contributed by atoms with E-state index in [0.29, 0.717) is 18.6 Å². The number of imide groups is 1. The summed E-state index contributed by atoms with van der Waals surface area (Å²) in [6.45, 7) is 5.54. The number of hydrogen-bond acceptors (Lipinski definition) is 6. The molecule has 3 N–H and O–H groups in total. The van der Waals surface area contributed by atoms with Gasteiger partial charge < -0.3 is 15.4 Å². The van der Waals surface area contributed by atoms with Crippen molar-refractivity contribution in [2.24, 2.45) is 17.8 Å². The standard InChI is InChI=1S/C33H41N3O6/c1-5-7-11-23(6-2)30(31(39)29-21(3)32(40)36-33(29)41)35-28(38)20-26(24-12-9-8-10-13-24)34-27(37)19-16-22-14-17-25(42-4)18-15-22/h8-10,12-19,21,23,26,29-30H,5-7,11,20H2,1-4H3,(H,34,37)(H,35,38)(H,36,40,41)/b19-16+/t21-,23?,26-,29+,30?/m0/s1. The predicted molar refractivity (Wildman–Crippen MR) is 160 cm³/mol. The number of unbranched alkanes of at least 4 members (excludes halogenated alkanes) is 1. The third kappa shape index (κ3) is 8.61. The number of ketones is 1. The largest absolute Gasteiger partial charge is 0.497 e. The molecule has 9 nitrogen and oxygen atoms in total. The number of benzene rings is 2. The first-order valence-electron chi connectivity index (χ1n) is 14.5. The summed E-state index contributed by atoms with van der Waals surface area (Å²) < 4.78 is 5.16. The van der Waals surface area contributed by atoms with Gasteiger partial charge in [-0.2, -0.15) is 0 Å². The summed E-state index contributed by atoms with van der Waals surface area (Å²) in [4.78, 5) is 64.7. The highest BCUT2D eigenvalue weighted by atomic mass is 16.5. The lowest BCUT2D eigenvalue weighted by molar-refractivity contribution is -0.138. The van der Waals surface area contributed by atoms with Gasteiger partial charge in [-0.05, 0) is 41.7 Å². The lowest BCUT2D eigenvalue weighted by atomic mass is 9.81. The maximum Gasteiger partial charge on any atom is 0.244 e. The molecule has 0 bridgehead atoms. The number of nitrogens with one attached hydrogen (secondary N) is 3. The van der Waals surface area contributed by atoms with Gasteiger partial charge in [0.1, 0.15) is 11.7 Å². The second kappa shape index (κ2) is 15.7. The first kappa shape index (κ1) is 32.2. The van der Waals surface area contributed by atoms with Gasteiger partial charge in [0.25, 0.3) is 0 Å². The smallest absolute Gasteiger partial charge is 0.244 e. The minimum atomic E-state index is -1.15. The van der Waals surface area contributed by atoms with Gasteiger partial charge in [-0.15, -0.1) is 0 Å². The molecule has 0 spiro atoms. The molecule has 0 radical (unpaired) electrons. The zero-order valence-corrected chi connectivity index (χ0v) is 24.7. The third-order valence-electron chi connectivity index (χ3n) is 7.75. The van der Waals surface area contributed by atoms with E-state index in [2.05, 4.69) is 16.0 Å². The Morgan fingerprint density at radius 1 is 0.976 bits per heavy atom. The first-order valence-corrected chi connectivity index (χ1v) is 14.5. The van der Waals surface area contributed by atoms with Gasteiger partial charge in [0, 0.05) is 6.08 Å². The van der Waals surface area contributed by atoms with E-state index in [4.69, 9.17) is 4.74 Å². The van der Waals surface area contributed by atoms with Crippen LogP contribution in [0.3, 0.4) is 0 Å². The van der Waals surface area contributed by atoms with Gasteiger partial charge in [0.05, 0.1) is 31.5 Å². The van der Waals surface area contributed by atoms with Crippen LogP contribution in [-0.4, -0.2) is 42.6 Å². The van der Waals surface area contributed by atoms with Crippen molar-refractivity contribution in [1.29, 1.82) is 0 Å². The van der Waals surface area contributed by atoms with E-state index in [1.807, 2.05) is 56.3 Å². The van der Waals surface area contributed by atoms with Crippen LogP contribution in [0.25, 0.3) is 6.08 Å². The van der Waals surface area contributed by atoms with E-state index in [1.54, 1.807) is 32.2 Å². The van der Waals surface area contributed by atoms with Crippen LogP contribution in [0.1, 0.15) is 70.0 Å². The lowest BCUT2D eigenvalue weighted by Crippen LogP contribution is -2.50. The molecule has 2 unspecified atom stereocenters. The van der Waals surface area contributed by atoms with Crippen molar-refractivity contribution in [3.05, 3.63) is 71.8 Å². The first-order chi connectivity index (χ1) is 20.2. The normalized spacial score (nSPS) is 18.7. The number of hydrogen-bond donors (Lipinski definition) is 3. The second-order valence-corrected chi connectivity index (χ2v) is 10.7. The molecule has 4 amide bonds. The van der Waals surface area contributed by atoms with Crippen molar-refractivity contribution < 1.29 is 28.7 Å². The van der Waals surface area contributed by atoms with E-state index >= 15 is 0 Å². The van der Waals surface area contributed by atoms with Gasteiger partial charge >= 0.3 is 0 Å². The van der Waals surface area contributed by atoms with Crippen LogP contribution >= 0.6 is 0 Å². The molecule has 5 atom stereocenters. The molecule has 0 aliphatic carbocycles. The van der Waals surface area contributed by atoms with Crippen molar-refractivity contribution in [2.45, 2.75) is 65.0 Å². The average molecular weight is 576 g/mol. The second-order valence-electron chi connectivity index (χ2n) is 10.7. The number of carbonyl (C=O) groups is 5. The van der Waals surface area contributed by atoms with Crippen LogP contribution in [0, 0.1) is 17.8 Å². The Morgan fingerprint density at radius 2 is 1.67 bits per heavy atom. The van der Waals surface area contributed by atoms with Gasteiger partial charge in [-0.3, -0.25) is 29.3 Å². The molecule has 0 saturated carbocycles. The van der Waals surface area contributed by atoms with Crippen molar-refractivity contribution in [3.63, 3.8) is 0 Å². The molecule has 1 fully saturated rings. The Labute approximate surface area is 247 Å². The van der Waals surface area contributed by atoms with E-state index in [-0.39, 0.29) is 18.2 Å².